The van der Waals surface area contributed by atoms with Gasteiger partial charge in [-0.15, -0.1) is 0 Å². The van der Waals surface area contributed by atoms with Crippen LogP contribution in [0.5, 0.6) is 5.75 Å². The molecule has 3 aromatic heterocycles. The van der Waals surface area contributed by atoms with Crippen molar-refractivity contribution in [3.8, 4) is 5.75 Å². The summed E-state index contributed by atoms with van der Waals surface area (Å²) in [5.41, 5.74) is 0.520. The Labute approximate surface area is 204 Å². The molecule has 5 heterocycles. The molecule has 1 fully saturated rings. The number of hydrogen-bond donors (Lipinski definition) is 2. The van der Waals surface area contributed by atoms with Gasteiger partial charge < -0.3 is 29.4 Å². The minimum atomic E-state index is -0.392. The van der Waals surface area contributed by atoms with Crippen LogP contribution in [-0.2, 0) is 17.9 Å². The fourth-order valence-electron chi connectivity index (χ4n) is 4.83. The largest absolute Gasteiger partial charge is 0.478 e. The lowest BCUT2D eigenvalue weighted by molar-refractivity contribution is -0.118. The standard InChI is InChI=1S/C24H24FN7O4/c25-14-1-2-16-17-12-36-30-22(17)24(34)32(18(16)9-14)8-7-31-5-3-15(4-6-31)26-11-20-27-10-19-23(28-20)29-21(33)13-35-19/h1-2,9-10,12,15,26H,3-8,11,13H2,(H,27,28,29,33). The molecule has 0 radical (unpaired) electrons. The second-order valence-corrected chi connectivity index (χ2v) is 9.03. The van der Waals surface area contributed by atoms with Crippen molar-refractivity contribution in [2.75, 3.05) is 31.6 Å². The lowest BCUT2D eigenvalue weighted by atomic mass is 10.1. The van der Waals surface area contributed by atoms with Gasteiger partial charge in [-0.25, -0.2) is 14.4 Å². The van der Waals surface area contributed by atoms with E-state index in [1.165, 1.54) is 18.4 Å². The van der Waals surface area contributed by atoms with Crippen molar-refractivity contribution >= 4 is 33.5 Å². The Morgan fingerprint density at radius 2 is 2.03 bits per heavy atom. The topological polar surface area (TPSA) is 127 Å². The van der Waals surface area contributed by atoms with E-state index in [0.717, 1.165) is 31.3 Å². The third kappa shape index (κ3) is 4.29. The Morgan fingerprint density at radius 1 is 1.17 bits per heavy atom. The van der Waals surface area contributed by atoms with Crippen molar-refractivity contribution < 1.29 is 18.4 Å². The summed E-state index contributed by atoms with van der Waals surface area (Å²) in [6.45, 7) is 3.27. The summed E-state index contributed by atoms with van der Waals surface area (Å²) < 4.78 is 25.9. The molecule has 1 saturated heterocycles. The average Bonchev–Trinajstić information content (AvgIpc) is 3.38. The second-order valence-electron chi connectivity index (χ2n) is 9.03. The molecule has 0 atom stereocenters. The minimum Gasteiger partial charge on any atom is -0.478 e. The predicted octanol–water partition coefficient (Wildman–Crippen LogP) is 1.66. The number of anilines is 1. The number of likely N-dealkylation sites (tertiary alicyclic amines) is 1. The third-order valence-corrected chi connectivity index (χ3v) is 6.76. The van der Waals surface area contributed by atoms with Crippen LogP contribution in [0.2, 0.25) is 0 Å². The van der Waals surface area contributed by atoms with Crippen LogP contribution in [-0.4, -0.2) is 62.8 Å². The fraction of sp³-hybridized carbons (Fsp3) is 0.375. The maximum Gasteiger partial charge on any atom is 0.281 e. The molecule has 1 amide bonds. The average molecular weight is 493 g/mol. The van der Waals surface area contributed by atoms with Crippen molar-refractivity contribution in [1.82, 2.24) is 29.9 Å². The molecule has 186 valence electrons. The molecule has 2 aliphatic rings. The van der Waals surface area contributed by atoms with Gasteiger partial charge >= 0.3 is 0 Å². The number of piperidine rings is 1. The number of nitrogens with one attached hydrogen (secondary N) is 2. The molecule has 12 heteroatoms. The van der Waals surface area contributed by atoms with Crippen LogP contribution in [0.4, 0.5) is 10.2 Å². The normalized spacial score (nSPS) is 16.8. The summed E-state index contributed by atoms with van der Waals surface area (Å²) in [5.74, 6) is 0.844. The highest BCUT2D eigenvalue weighted by molar-refractivity contribution is 6.03. The number of fused-ring (bicyclic) bond motifs is 4. The zero-order valence-corrected chi connectivity index (χ0v) is 19.4. The molecule has 1 aromatic carbocycles. The molecule has 36 heavy (non-hydrogen) atoms. The summed E-state index contributed by atoms with van der Waals surface area (Å²) in [6.07, 6.45) is 4.86. The van der Waals surface area contributed by atoms with E-state index < -0.39 is 5.82 Å². The van der Waals surface area contributed by atoms with E-state index in [2.05, 4.69) is 30.7 Å². The van der Waals surface area contributed by atoms with Gasteiger partial charge in [0.1, 0.15) is 17.9 Å². The van der Waals surface area contributed by atoms with Crippen molar-refractivity contribution in [3.63, 3.8) is 0 Å². The van der Waals surface area contributed by atoms with E-state index in [1.54, 1.807) is 16.8 Å². The number of ether oxygens (including phenoxy) is 1. The molecule has 0 saturated carbocycles. The van der Waals surface area contributed by atoms with E-state index in [0.29, 0.717) is 54.0 Å². The number of benzene rings is 1. The molecule has 0 bridgehead atoms. The zero-order chi connectivity index (χ0) is 24.6. The molecule has 2 N–H and O–H groups in total. The summed E-state index contributed by atoms with van der Waals surface area (Å²) in [4.78, 5) is 35.5. The number of aromatic nitrogens is 4. The van der Waals surface area contributed by atoms with Crippen LogP contribution >= 0.6 is 0 Å². The molecule has 11 nitrogen and oxygen atoms in total. The Bertz CT molecular complexity index is 1510. The minimum absolute atomic E-state index is 0.0247. The number of amides is 1. The molecular weight excluding hydrogens is 469 g/mol. The Hall–Kier alpha value is -3.90. The maximum absolute atomic E-state index is 14.0. The highest BCUT2D eigenvalue weighted by Gasteiger charge is 2.22. The smallest absolute Gasteiger partial charge is 0.281 e. The molecule has 6 rings (SSSR count). The second kappa shape index (κ2) is 9.28. The van der Waals surface area contributed by atoms with Gasteiger partial charge in [-0.1, -0.05) is 5.16 Å². The van der Waals surface area contributed by atoms with Crippen LogP contribution in [0.15, 0.2) is 40.0 Å². The van der Waals surface area contributed by atoms with Crippen molar-refractivity contribution in [2.24, 2.45) is 0 Å². The number of rotatable bonds is 6. The van der Waals surface area contributed by atoms with Gasteiger partial charge in [0.15, 0.2) is 23.7 Å². The van der Waals surface area contributed by atoms with Gasteiger partial charge in [-0.05, 0) is 44.1 Å². The highest BCUT2D eigenvalue weighted by Crippen LogP contribution is 2.25. The van der Waals surface area contributed by atoms with Gasteiger partial charge in [0.25, 0.3) is 11.5 Å². The Kier molecular flexibility index (Phi) is 5.82. The van der Waals surface area contributed by atoms with E-state index in [9.17, 15) is 14.0 Å². The number of hydrogen-bond acceptors (Lipinski definition) is 9. The highest BCUT2D eigenvalue weighted by atomic mass is 19.1. The quantitative estimate of drug-likeness (QED) is 0.412. The van der Waals surface area contributed by atoms with Crippen molar-refractivity contribution in [3.05, 3.63) is 52.7 Å². The number of pyridine rings is 1. The predicted molar refractivity (Wildman–Crippen MR) is 128 cm³/mol. The number of carbonyl (C=O) groups excluding carboxylic acids is 1. The first kappa shape index (κ1) is 22.6. The molecule has 0 unspecified atom stereocenters. The first-order chi connectivity index (χ1) is 17.5. The van der Waals surface area contributed by atoms with Gasteiger partial charge in [0.05, 0.1) is 23.6 Å². The number of carbonyl (C=O) groups is 1. The monoisotopic (exact) mass is 493 g/mol. The lowest BCUT2D eigenvalue weighted by Gasteiger charge is -2.32. The van der Waals surface area contributed by atoms with E-state index in [-0.39, 0.29) is 23.6 Å². The number of halogens is 1. The Balaban J connectivity index is 1.07. The van der Waals surface area contributed by atoms with Gasteiger partial charge in [-0.2, -0.15) is 0 Å². The Morgan fingerprint density at radius 3 is 2.89 bits per heavy atom. The summed E-state index contributed by atoms with van der Waals surface area (Å²) in [6, 6.07) is 4.72. The first-order valence-corrected chi connectivity index (χ1v) is 11.9. The fourth-order valence-corrected chi connectivity index (χ4v) is 4.83. The molecular formula is C24H24FN7O4. The van der Waals surface area contributed by atoms with E-state index >= 15 is 0 Å². The zero-order valence-electron chi connectivity index (χ0n) is 19.4. The molecule has 2 aliphatic heterocycles. The summed E-state index contributed by atoms with van der Waals surface area (Å²) in [5, 5.41) is 11.4. The van der Waals surface area contributed by atoms with E-state index in [1.807, 2.05) is 0 Å². The van der Waals surface area contributed by atoms with Crippen LogP contribution < -0.4 is 20.9 Å². The summed E-state index contributed by atoms with van der Waals surface area (Å²) >= 11 is 0. The van der Waals surface area contributed by atoms with Gasteiger partial charge in [0.2, 0.25) is 0 Å². The van der Waals surface area contributed by atoms with Crippen LogP contribution in [0.25, 0.3) is 21.8 Å². The van der Waals surface area contributed by atoms with Crippen molar-refractivity contribution in [2.45, 2.75) is 32.0 Å². The lowest BCUT2D eigenvalue weighted by Crippen LogP contribution is -2.43. The molecule has 4 aromatic rings. The summed E-state index contributed by atoms with van der Waals surface area (Å²) in [7, 11) is 0. The molecule has 0 aliphatic carbocycles. The van der Waals surface area contributed by atoms with Crippen LogP contribution in [0, 0.1) is 5.82 Å². The SMILES string of the molecule is O=C1COc2cnc(CNC3CCN(CCn4c(=O)c5nocc5c5ccc(F)cc54)CC3)nc2N1. The van der Waals surface area contributed by atoms with Gasteiger partial charge in [0, 0.05) is 24.5 Å². The first-order valence-electron chi connectivity index (χ1n) is 11.9. The molecule has 0 spiro atoms. The maximum atomic E-state index is 14.0. The van der Waals surface area contributed by atoms with Crippen LogP contribution in [0.1, 0.15) is 18.7 Å². The van der Waals surface area contributed by atoms with Crippen LogP contribution in [0.3, 0.4) is 0 Å². The van der Waals surface area contributed by atoms with Crippen molar-refractivity contribution in [1.29, 1.82) is 0 Å². The van der Waals surface area contributed by atoms with E-state index in [4.69, 9.17) is 9.26 Å². The van der Waals surface area contributed by atoms with Gasteiger partial charge in [-0.3, -0.25) is 9.59 Å². The third-order valence-electron chi connectivity index (χ3n) is 6.76. The number of nitrogens with zero attached hydrogens (tertiary/aromatic N) is 5.